The molecule has 5 heteroatoms. The number of nitrogens with zero attached hydrogens (tertiary/aromatic N) is 5. The molecule has 0 saturated heterocycles. The number of benzene rings is 8. The molecule has 0 N–H and O–H groups in total. The minimum atomic E-state index is 0.102. The third kappa shape index (κ3) is 6.10. The zero-order valence-electron chi connectivity index (χ0n) is 36.5. The molecule has 1 aliphatic carbocycles. The van der Waals surface area contributed by atoms with Crippen LogP contribution in [-0.4, -0.2) is 24.1 Å². The van der Waals surface area contributed by atoms with Crippen LogP contribution in [0.1, 0.15) is 51.7 Å². The lowest BCUT2D eigenvalue weighted by Crippen LogP contribution is -2.34. The number of rotatable bonds is 6. The molecule has 0 spiro atoms. The molecule has 8 aromatic carbocycles. The van der Waals surface area contributed by atoms with Crippen molar-refractivity contribution in [1.29, 1.82) is 0 Å². The van der Waals surface area contributed by atoms with E-state index >= 15 is 0 Å². The Kier molecular flexibility index (Phi) is 8.61. The Hall–Kier alpha value is -7.63. The molecule has 0 amide bonds. The van der Waals surface area contributed by atoms with Crippen molar-refractivity contribution in [2.75, 3.05) is 0 Å². The van der Waals surface area contributed by atoms with Crippen LogP contribution in [0.25, 0.3) is 100 Å². The topological polar surface area (TPSA) is 48.5 Å². The SMILES string of the molecule is CC1(C)CCC(C)(C)c2c(-c3ccc(-n4c5ccccc5c5cc6c7ccccc7n(-c7nc(-c8ccccc8)nc(-c8ccc(-c9ccccc9)cc8)n7)c6cc54)cc3)cccc21. The molecule has 11 aromatic rings. The highest BCUT2D eigenvalue weighted by atomic mass is 15.2. The summed E-state index contributed by atoms with van der Waals surface area (Å²) in [5.74, 6) is 1.82. The molecule has 0 bridgehead atoms. The van der Waals surface area contributed by atoms with Crippen LogP contribution < -0.4 is 0 Å². The predicted molar refractivity (Wildman–Crippen MR) is 266 cm³/mol. The zero-order valence-corrected chi connectivity index (χ0v) is 36.5. The summed E-state index contributed by atoms with van der Waals surface area (Å²) < 4.78 is 4.65. The van der Waals surface area contributed by atoms with Crippen molar-refractivity contribution in [1.82, 2.24) is 24.1 Å². The summed E-state index contributed by atoms with van der Waals surface area (Å²) in [5.41, 5.74) is 15.5. The van der Waals surface area contributed by atoms with Crippen LogP contribution in [0.2, 0.25) is 0 Å². The van der Waals surface area contributed by atoms with Crippen molar-refractivity contribution in [3.63, 3.8) is 0 Å². The van der Waals surface area contributed by atoms with Gasteiger partial charge < -0.3 is 4.57 Å². The fourth-order valence-corrected chi connectivity index (χ4v) is 10.4. The van der Waals surface area contributed by atoms with Crippen LogP contribution in [-0.2, 0) is 10.8 Å². The summed E-state index contributed by atoms with van der Waals surface area (Å²) in [4.78, 5) is 15.7. The van der Waals surface area contributed by atoms with Crippen LogP contribution >= 0.6 is 0 Å². The number of fused-ring (bicyclic) bond motifs is 7. The van der Waals surface area contributed by atoms with Gasteiger partial charge in [0.1, 0.15) is 0 Å². The van der Waals surface area contributed by atoms with Crippen LogP contribution in [0.3, 0.4) is 0 Å². The number of para-hydroxylation sites is 2. The molecule has 0 saturated carbocycles. The van der Waals surface area contributed by atoms with Gasteiger partial charge in [0.15, 0.2) is 11.6 Å². The Morgan fingerprint density at radius 1 is 0.375 bits per heavy atom. The third-order valence-electron chi connectivity index (χ3n) is 13.9. The first-order chi connectivity index (χ1) is 31.2. The Morgan fingerprint density at radius 2 is 0.875 bits per heavy atom. The molecule has 3 heterocycles. The summed E-state index contributed by atoms with van der Waals surface area (Å²) >= 11 is 0. The first-order valence-corrected chi connectivity index (χ1v) is 22.4. The molecule has 0 unspecified atom stereocenters. The average molecular weight is 826 g/mol. The van der Waals surface area contributed by atoms with Gasteiger partial charge in [0.25, 0.3) is 0 Å². The lowest BCUT2D eigenvalue weighted by molar-refractivity contribution is 0.333. The maximum Gasteiger partial charge on any atom is 0.238 e. The van der Waals surface area contributed by atoms with Gasteiger partial charge in [0.05, 0.1) is 22.1 Å². The van der Waals surface area contributed by atoms with Gasteiger partial charge in [-0.2, -0.15) is 9.97 Å². The zero-order chi connectivity index (χ0) is 43.2. The lowest BCUT2D eigenvalue weighted by Gasteiger charge is -2.43. The van der Waals surface area contributed by atoms with Crippen LogP contribution in [0.15, 0.2) is 188 Å². The van der Waals surface area contributed by atoms with E-state index in [0.717, 1.165) is 49.7 Å². The second kappa shape index (κ2) is 14.5. The summed E-state index contributed by atoms with van der Waals surface area (Å²) in [6, 6.07) is 67.5. The fourth-order valence-electron chi connectivity index (χ4n) is 10.4. The molecule has 0 fully saturated rings. The Morgan fingerprint density at radius 3 is 1.53 bits per heavy atom. The van der Waals surface area contributed by atoms with E-state index in [4.69, 9.17) is 15.0 Å². The van der Waals surface area contributed by atoms with Gasteiger partial charge in [-0.3, -0.25) is 4.57 Å². The van der Waals surface area contributed by atoms with Gasteiger partial charge in [-0.15, -0.1) is 0 Å². The van der Waals surface area contributed by atoms with E-state index in [-0.39, 0.29) is 10.8 Å². The van der Waals surface area contributed by atoms with E-state index in [1.807, 2.05) is 24.3 Å². The minimum absolute atomic E-state index is 0.102. The maximum absolute atomic E-state index is 5.30. The molecular formula is C59H47N5. The number of hydrogen-bond donors (Lipinski definition) is 0. The highest BCUT2D eigenvalue weighted by molar-refractivity contribution is 6.19. The van der Waals surface area contributed by atoms with Gasteiger partial charge in [-0.05, 0) is 93.5 Å². The van der Waals surface area contributed by atoms with Gasteiger partial charge in [-0.25, -0.2) is 4.98 Å². The summed E-state index contributed by atoms with van der Waals surface area (Å²) in [6.45, 7) is 9.64. The first kappa shape index (κ1) is 38.1. The molecule has 5 nitrogen and oxygen atoms in total. The maximum atomic E-state index is 5.30. The predicted octanol–water partition coefficient (Wildman–Crippen LogP) is 15.1. The van der Waals surface area contributed by atoms with Crippen LogP contribution in [0.4, 0.5) is 0 Å². The molecule has 3 aromatic heterocycles. The van der Waals surface area contributed by atoms with E-state index in [0.29, 0.717) is 17.6 Å². The van der Waals surface area contributed by atoms with Crippen molar-refractivity contribution >= 4 is 43.6 Å². The highest BCUT2D eigenvalue weighted by Crippen LogP contribution is 2.49. The molecule has 0 atom stereocenters. The summed E-state index contributed by atoms with van der Waals surface area (Å²) in [5, 5.41) is 4.72. The summed E-state index contributed by atoms with van der Waals surface area (Å²) in [7, 11) is 0. The number of hydrogen-bond acceptors (Lipinski definition) is 3. The van der Waals surface area contributed by atoms with Crippen molar-refractivity contribution in [2.24, 2.45) is 0 Å². The summed E-state index contributed by atoms with van der Waals surface area (Å²) in [6.07, 6.45) is 2.37. The van der Waals surface area contributed by atoms with E-state index in [9.17, 15) is 0 Å². The molecule has 0 radical (unpaired) electrons. The third-order valence-corrected chi connectivity index (χ3v) is 13.9. The van der Waals surface area contributed by atoms with Gasteiger partial charge in [0, 0.05) is 38.4 Å². The molecule has 0 aliphatic heterocycles. The molecule has 64 heavy (non-hydrogen) atoms. The molecule has 1 aliphatic rings. The van der Waals surface area contributed by atoms with Crippen molar-refractivity contribution in [3.8, 4) is 56.7 Å². The smallest absolute Gasteiger partial charge is 0.238 e. The monoisotopic (exact) mass is 825 g/mol. The Bertz CT molecular complexity index is 3580. The largest absolute Gasteiger partial charge is 0.309 e. The molecular weight excluding hydrogens is 779 g/mol. The Balaban J connectivity index is 1.06. The quantitative estimate of drug-likeness (QED) is 0.168. The molecule has 308 valence electrons. The van der Waals surface area contributed by atoms with E-state index < -0.39 is 0 Å². The fraction of sp³-hybridized carbons (Fsp3) is 0.136. The molecule has 12 rings (SSSR count). The van der Waals surface area contributed by atoms with E-state index in [1.54, 1.807) is 0 Å². The minimum Gasteiger partial charge on any atom is -0.309 e. The normalized spacial score (nSPS) is 14.4. The Labute approximate surface area is 373 Å². The van der Waals surface area contributed by atoms with Crippen molar-refractivity contribution in [3.05, 3.63) is 199 Å². The second-order valence-electron chi connectivity index (χ2n) is 18.7. The van der Waals surface area contributed by atoms with Gasteiger partial charge >= 0.3 is 0 Å². The van der Waals surface area contributed by atoms with Gasteiger partial charge in [0.2, 0.25) is 5.95 Å². The highest BCUT2D eigenvalue weighted by Gasteiger charge is 2.38. The van der Waals surface area contributed by atoms with Gasteiger partial charge in [-0.1, -0.05) is 179 Å². The van der Waals surface area contributed by atoms with Crippen LogP contribution in [0.5, 0.6) is 0 Å². The first-order valence-electron chi connectivity index (χ1n) is 22.4. The van der Waals surface area contributed by atoms with E-state index in [1.165, 1.54) is 56.9 Å². The standard InChI is InChI=1S/C59H47N5/c1-58(2)34-35-59(3,4)54-44(22-15-23-49(54)58)40-30-32-43(33-31-40)63-50-24-13-11-20-45(50)47-36-48-46-21-12-14-25-51(46)64(53(48)37-52(47)63)57-61-55(41-18-9-6-10-19-41)60-56(62-57)42-28-26-39(27-29-42)38-16-7-5-8-17-38/h5-33,36-37H,34-35H2,1-4H3. The second-order valence-corrected chi connectivity index (χ2v) is 18.7. The lowest BCUT2D eigenvalue weighted by atomic mass is 9.61. The van der Waals surface area contributed by atoms with Crippen molar-refractivity contribution in [2.45, 2.75) is 51.4 Å². The van der Waals surface area contributed by atoms with Crippen LogP contribution in [0, 0.1) is 0 Å². The average Bonchev–Trinajstić information content (AvgIpc) is 3.84. The van der Waals surface area contributed by atoms with Crippen molar-refractivity contribution < 1.29 is 0 Å². The number of aromatic nitrogens is 5. The van der Waals surface area contributed by atoms with E-state index in [2.05, 4.69) is 201 Å².